The molecule has 0 radical (unpaired) electrons. The Balaban J connectivity index is 0. The highest BCUT2D eigenvalue weighted by Crippen LogP contribution is 2.28. The molecule has 0 atom stereocenters. The summed E-state index contributed by atoms with van der Waals surface area (Å²) in [4.78, 5) is 0. The van der Waals surface area contributed by atoms with Gasteiger partial charge in [-0.3, -0.25) is 0 Å². The molecule has 70 valence electrons. The van der Waals surface area contributed by atoms with E-state index < -0.39 is 11.7 Å². The summed E-state index contributed by atoms with van der Waals surface area (Å²) < 4.78 is 35.4. The lowest BCUT2D eigenvalue weighted by molar-refractivity contribution is -0.137. The van der Waals surface area contributed by atoms with Crippen LogP contribution in [0.3, 0.4) is 0 Å². The molecule has 0 fully saturated rings. The highest BCUT2D eigenvalue weighted by molar-refractivity contribution is 5.85. The molecule has 0 spiro atoms. The Bertz CT molecular complexity index is 208. The average Bonchev–Trinajstić information content (AvgIpc) is 1.88. The van der Waals surface area contributed by atoms with Gasteiger partial charge in [0.05, 0.1) is 5.56 Å². The average molecular weight is 219 g/mol. The quantitative estimate of drug-likeness (QED) is 0.625. The molecule has 1 aromatic carbocycles. The Morgan fingerprint density at radius 2 is 1.25 bits per heavy atom. The Labute approximate surface area is 80.6 Å². The maximum absolute atomic E-state index is 11.8. The van der Waals surface area contributed by atoms with Crippen LogP contribution in [-0.4, -0.2) is 0 Å². The Morgan fingerprint density at radius 1 is 0.833 bits per heavy atom. The molecule has 0 unspecified atom stereocenters. The molecule has 0 saturated heterocycles. The Morgan fingerprint density at radius 3 is 1.50 bits per heavy atom. The number of alkyl halides is 3. The first kappa shape index (κ1) is 14.1. The van der Waals surface area contributed by atoms with Crippen molar-refractivity contribution >= 4 is 24.8 Å². The molecule has 1 aromatic rings. The minimum Gasteiger partial charge on any atom is -0.166 e. The van der Waals surface area contributed by atoms with Gasteiger partial charge in [-0.15, -0.1) is 24.8 Å². The van der Waals surface area contributed by atoms with Gasteiger partial charge in [-0.05, 0) is 0 Å². The van der Waals surface area contributed by atoms with E-state index in [1.807, 2.05) is 0 Å². The first-order chi connectivity index (χ1) is 4.61. The SMILES string of the molecule is Cl.Cl.FC(F)(F)c1ccccc1. The fraction of sp³-hybridized carbons (Fsp3) is 0.143. The lowest BCUT2D eigenvalue weighted by Crippen LogP contribution is -2.03. The number of benzene rings is 1. The molecule has 0 aliphatic heterocycles. The molecule has 1 rings (SSSR count). The predicted molar refractivity (Wildman–Crippen MR) is 45.9 cm³/mol. The van der Waals surface area contributed by atoms with E-state index in [2.05, 4.69) is 0 Å². The van der Waals surface area contributed by atoms with Crippen LogP contribution >= 0.6 is 24.8 Å². The van der Waals surface area contributed by atoms with Gasteiger partial charge in [0.15, 0.2) is 0 Å². The number of halogens is 5. The Hall–Kier alpha value is -0.410. The van der Waals surface area contributed by atoms with Crippen molar-refractivity contribution in [3.8, 4) is 0 Å². The van der Waals surface area contributed by atoms with Crippen LogP contribution in [0.1, 0.15) is 5.56 Å². The van der Waals surface area contributed by atoms with Crippen LogP contribution in [0, 0.1) is 0 Å². The van der Waals surface area contributed by atoms with Crippen molar-refractivity contribution in [3.63, 3.8) is 0 Å². The summed E-state index contributed by atoms with van der Waals surface area (Å²) in [6, 6.07) is 6.36. The van der Waals surface area contributed by atoms with Crippen molar-refractivity contribution in [2.75, 3.05) is 0 Å². The van der Waals surface area contributed by atoms with E-state index in [1.165, 1.54) is 12.1 Å². The molecule has 0 saturated carbocycles. The highest BCUT2D eigenvalue weighted by Gasteiger charge is 2.29. The van der Waals surface area contributed by atoms with E-state index in [0.29, 0.717) is 0 Å². The molecular formula is C7H7Cl2F3. The second-order valence-electron chi connectivity index (χ2n) is 1.86. The topological polar surface area (TPSA) is 0 Å². The maximum Gasteiger partial charge on any atom is 0.416 e. The standard InChI is InChI=1S/C7H5F3.2ClH/c8-7(9,10)6-4-2-1-3-5-6;;/h1-5H;2*1H. The molecule has 0 aliphatic rings. The fourth-order valence-electron chi connectivity index (χ4n) is 0.627. The normalized spacial score (nSPS) is 9.58. The van der Waals surface area contributed by atoms with Gasteiger partial charge in [0.25, 0.3) is 0 Å². The third-order valence-electron chi connectivity index (χ3n) is 1.10. The number of hydrogen-bond donors (Lipinski definition) is 0. The summed E-state index contributed by atoms with van der Waals surface area (Å²) in [5.74, 6) is 0. The summed E-state index contributed by atoms with van der Waals surface area (Å²) in [5, 5.41) is 0. The summed E-state index contributed by atoms with van der Waals surface area (Å²) in [7, 11) is 0. The van der Waals surface area contributed by atoms with E-state index in [9.17, 15) is 13.2 Å². The van der Waals surface area contributed by atoms with Crippen LogP contribution in [0.25, 0.3) is 0 Å². The van der Waals surface area contributed by atoms with E-state index in [0.717, 1.165) is 12.1 Å². The van der Waals surface area contributed by atoms with E-state index >= 15 is 0 Å². The third-order valence-corrected chi connectivity index (χ3v) is 1.10. The van der Waals surface area contributed by atoms with Gasteiger partial charge in [-0.2, -0.15) is 13.2 Å². The molecule has 0 amide bonds. The molecule has 12 heavy (non-hydrogen) atoms. The monoisotopic (exact) mass is 218 g/mol. The van der Waals surface area contributed by atoms with Crippen molar-refractivity contribution in [3.05, 3.63) is 35.9 Å². The van der Waals surface area contributed by atoms with Gasteiger partial charge < -0.3 is 0 Å². The van der Waals surface area contributed by atoms with Crippen molar-refractivity contribution in [2.24, 2.45) is 0 Å². The van der Waals surface area contributed by atoms with Crippen LogP contribution in [0.5, 0.6) is 0 Å². The fourth-order valence-corrected chi connectivity index (χ4v) is 0.627. The minimum atomic E-state index is -4.21. The lowest BCUT2D eigenvalue weighted by Gasteiger charge is -2.03. The zero-order chi connectivity index (χ0) is 7.61. The second kappa shape index (κ2) is 5.27. The zero-order valence-electron chi connectivity index (χ0n) is 5.84. The largest absolute Gasteiger partial charge is 0.416 e. The summed E-state index contributed by atoms with van der Waals surface area (Å²) in [5.41, 5.74) is -0.602. The molecule has 0 nitrogen and oxygen atoms in total. The molecule has 0 bridgehead atoms. The Kier molecular flexibility index (Phi) is 6.21. The van der Waals surface area contributed by atoms with Gasteiger partial charge in [0.2, 0.25) is 0 Å². The molecule has 0 aliphatic carbocycles. The van der Waals surface area contributed by atoms with Crippen molar-refractivity contribution in [1.29, 1.82) is 0 Å². The summed E-state index contributed by atoms with van der Waals surface area (Å²) in [6.45, 7) is 0. The predicted octanol–water partition coefficient (Wildman–Crippen LogP) is 3.55. The van der Waals surface area contributed by atoms with Crippen LogP contribution < -0.4 is 0 Å². The van der Waals surface area contributed by atoms with Crippen LogP contribution in [0.15, 0.2) is 30.3 Å². The minimum absolute atomic E-state index is 0. The van der Waals surface area contributed by atoms with Gasteiger partial charge in [-0.1, -0.05) is 30.3 Å². The van der Waals surface area contributed by atoms with Gasteiger partial charge in [0.1, 0.15) is 0 Å². The zero-order valence-corrected chi connectivity index (χ0v) is 7.47. The van der Waals surface area contributed by atoms with Crippen LogP contribution in [0.2, 0.25) is 0 Å². The van der Waals surface area contributed by atoms with E-state index in [-0.39, 0.29) is 24.8 Å². The smallest absolute Gasteiger partial charge is 0.166 e. The molecular weight excluding hydrogens is 212 g/mol. The summed E-state index contributed by atoms with van der Waals surface area (Å²) >= 11 is 0. The number of hydrogen-bond acceptors (Lipinski definition) is 0. The van der Waals surface area contributed by atoms with Crippen molar-refractivity contribution in [1.82, 2.24) is 0 Å². The first-order valence-electron chi connectivity index (χ1n) is 2.73. The lowest BCUT2D eigenvalue weighted by atomic mass is 10.2. The van der Waals surface area contributed by atoms with E-state index in [1.54, 1.807) is 6.07 Å². The van der Waals surface area contributed by atoms with Crippen LogP contribution in [0.4, 0.5) is 13.2 Å². The van der Waals surface area contributed by atoms with Crippen molar-refractivity contribution < 1.29 is 13.2 Å². The first-order valence-corrected chi connectivity index (χ1v) is 2.73. The van der Waals surface area contributed by atoms with Crippen molar-refractivity contribution in [2.45, 2.75) is 6.18 Å². The summed E-state index contributed by atoms with van der Waals surface area (Å²) in [6.07, 6.45) is -4.21. The molecule has 5 heteroatoms. The third kappa shape index (κ3) is 3.83. The second-order valence-corrected chi connectivity index (χ2v) is 1.86. The van der Waals surface area contributed by atoms with Gasteiger partial charge in [0, 0.05) is 0 Å². The molecule has 0 heterocycles. The van der Waals surface area contributed by atoms with Gasteiger partial charge in [-0.25, -0.2) is 0 Å². The van der Waals surface area contributed by atoms with Crippen LogP contribution in [-0.2, 0) is 6.18 Å². The maximum atomic E-state index is 11.8. The van der Waals surface area contributed by atoms with E-state index in [4.69, 9.17) is 0 Å². The highest BCUT2D eigenvalue weighted by atomic mass is 35.5. The molecule has 0 aromatic heterocycles. The number of rotatable bonds is 0. The molecule has 0 N–H and O–H groups in total. The van der Waals surface area contributed by atoms with Gasteiger partial charge >= 0.3 is 6.18 Å².